The van der Waals surface area contributed by atoms with Gasteiger partial charge in [-0.2, -0.15) is 4.31 Å². The van der Waals surface area contributed by atoms with Gasteiger partial charge in [-0.05, 0) is 42.7 Å². The molecule has 2 aliphatic heterocycles. The van der Waals surface area contributed by atoms with Crippen LogP contribution < -0.4 is 9.64 Å². The van der Waals surface area contributed by atoms with Crippen LogP contribution in [-0.4, -0.2) is 38.3 Å². The lowest BCUT2D eigenvalue weighted by molar-refractivity contribution is -0.116. The Hall–Kier alpha value is -2.09. The molecule has 4 rings (SSSR count). The Balaban J connectivity index is 1.72. The molecule has 0 radical (unpaired) electrons. The average molecular weight is 449 g/mol. The third-order valence-electron chi connectivity index (χ3n) is 5.74. The number of anilines is 1. The van der Waals surface area contributed by atoms with Crippen molar-refractivity contribution in [3.8, 4) is 5.75 Å². The van der Waals surface area contributed by atoms with E-state index in [2.05, 4.69) is 0 Å². The zero-order valence-corrected chi connectivity index (χ0v) is 18.5. The Kier molecular flexibility index (Phi) is 6.04. The molecule has 160 valence electrons. The molecule has 30 heavy (non-hydrogen) atoms. The maximum atomic E-state index is 13.7. The maximum absolute atomic E-state index is 13.7. The predicted octanol–water partition coefficient (Wildman–Crippen LogP) is 4.39. The maximum Gasteiger partial charge on any atom is 0.243 e. The van der Waals surface area contributed by atoms with E-state index in [9.17, 15) is 13.2 Å². The minimum Gasteiger partial charge on any atom is -0.489 e. The normalized spacial score (nSPS) is 20.2. The number of fused-ring (bicyclic) bond motifs is 1. The van der Waals surface area contributed by atoms with Gasteiger partial charge < -0.3 is 9.64 Å². The summed E-state index contributed by atoms with van der Waals surface area (Å²) in [6.45, 7) is 2.76. The number of carbonyl (C=O) groups excluding carboxylic acids is 1. The van der Waals surface area contributed by atoms with Crippen LogP contribution in [0.15, 0.2) is 47.4 Å². The molecule has 0 spiro atoms. The standard InChI is InChI=1S/C22H25ClN2O4S/c1-16(26)24-13-14-29-22-15-19(10-11-21(22)24)30(27,28)25-12-4-2-3-5-20(25)17-6-8-18(23)9-7-17/h6-11,15,20H,2-5,12-14H2,1H3/t20-/m0/s1. The van der Waals surface area contributed by atoms with Crippen LogP contribution in [0.5, 0.6) is 5.75 Å². The average Bonchev–Trinajstić information content (AvgIpc) is 3.00. The number of rotatable bonds is 3. The van der Waals surface area contributed by atoms with Crippen LogP contribution in [0.3, 0.4) is 0 Å². The minimum atomic E-state index is -3.75. The Morgan fingerprint density at radius 2 is 1.83 bits per heavy atom. The molecule has 0 saturated carbocycles. The Morgan fingerprint density at radius 3 is 2.57 bits per heavy atom. The van der Waals surface area contributed by atoms with Crippen molar-refractivity contribution in [3.63, 3.8) is 0 Å². The summed E-state index contributed by atoms with van der Waals surface area (Å²) in [6.07, 6.45) is 3.56. The van der Waals surface area contributed by atoms with Gasteiger partial charge in [-0.25, -0.2) is 8.42 Å². The van der Waals surface area contributed by atoms with Gasteiger partial charge in [0.1, 0.15) is 12.4 Å². The lowest BCUT2D eigenvalue weighted by Gasteiger charge is -2.31. The van der Waals surface area contributed by atoms with Crippen molar-refractivity contribution in [3.05, 3.63) is 53.1 Å². The lowest BCUT2D eigenvalue weighted by atomic mass is 10.0. The van der Waals surface area contributed by atoms with Crippen molar-refractivity contribution >= 4 is 33.2 Å². The summed E-state index contributed by atoms with van der Waals surface area (Å²) in [6, 6.07) is 12.0. The van der Waals surface area contributed by atoms with E-state index in [4.69, 9.17) is 16.3 Å². The van der Waals surface area contributed by atoms with E-state index in [0.29, 0.717) is 36.2 Å². The van der Waals surface area contributed by atoms with Gasteiger partial charge in [0.25, 0.3) is 0 Å². The molecule has 2 aromatic rings. The molecule has 1 amide bonds. The number of halogens is 1. The highest BCUT2D eigenvalue weighted by molar-refractivity contribution is 7.89. The molecule has 0 N–H and O–H groups in total. The molecule has 0 aliphatic carbocycles. The molecule has 1 atom stereocenters. The highest BCUT2D eigenvalue weighted by Gasteiger charge is 2.34. The number of ether oxygens (including phenoxy) is 1. The van der Waals surface area contributed by atoms with Gasteiger partial charge in [-0.3, -0.25) is 4.79 Å². The summed E-state index contributed by atoms with van der Waals surface area (Å²) in [7, 11) is -3.75. The number of carbonyl (C=O) groups is 1. The fourth-order valence-electron chi connectivity index (χ4n) is 4.21. The molecule has 6 nitrogen and oxygen atoms in total. The van der Waals surface area contributed by atoms with Crippen molar-refractivity contribution in [2.75, 3.05) is 24.6 Å². The number of amides is 1. The largest absolute Gasteiger partial charge is 0.489 e. The molecule has 0 unspecified atom stereocenters. The second-order valence-corrected chi connectivity index (χ2v) is 10.0. The molecule has 2 heterocycles. The molecule has 1 saturated heterocycles. The molecule has 1 fully saturated rings. The molecule has 0 aromatic heterocycles. The third-order valence-corrected chi connectivity index (χ3v) is 7.90. The van der Waals surface area contributed by atoms with Crippen molar-refractivity contribution in [1.82, 2.24) is 4.31 Å². The van der Waals surface area contributed by atoms with Crippen LogP contribution in [0.2, 0.25) is 5.02 Å². The molecular weight excluding hydrogens is 424 g/mol. The van der Waals surface area contributed by atoms with Gasteiger partial charge >= 0.3 is 0 Å². The zero-order valence-electron chi connectivity index (χ0n) is 16.9. The van der Waals surface area contributed by atoms with Crippen molar-refractivity contribution in [2.45, 2.75) is 43.5 Å². The van der Waals surface area contributed by atoms with Crippen molar-refractivity contribution in [2.24, 2.45) is 0 Å². The quantitative estimate of drug-likeness (QED) is 0.698. The highest BCUT2D eigenvalue weighted by atomic mass is 35.5. The van der Waals surface area contributed by atoms with Gasteiger partial charge in [0.15, 0.2) is 0 Å². The Morgan fingerprint density at radius 1 is 1.07 bits per heavy atom. The summed E-state index contributed by atoms with van der Waals surface area (Å²) in [5.41, 5.74) is 1.56. The number of hydrogen-bond donors (Lipinski definition) is 0. The van der Waals surface area contributed by atoms with Gasteiger partial charge in [-0.1, -0.05) is 36.6 Å². The number of hydrogen-bond acceptors (Lipinski definition) is 4. The first-order valence-electron chi connectivity index (χ1n) is 10.2. The van der Waals surface area contributed by atoms with E-state index >= 15 is 0 Å². The zero-order chi connectivity index (χ0) is 21.3. The topological polar surface area (TPSA) is 66.9 Å². The lowest BCUT2D eigenvalue weighted by Crippen LogP contribution is -2.37. The van der Waals surface area contributed by atoms with E-state index in [1.54, 1.807) is 39.5 Å². The summed E-state index contributed by atoms with van der Waals surface area (Å²) in [4.78, 5) is 13.7. The van der Waals surface area contributed by atoms with Crippen molar-refractivity contribution < 1.29 is 17.9 Å². The highest BCUT2D eigenvalue weighted by Crippen LogP contribution is 2.38. The fourth-order valence-corrected chi connectivity index (χ4v) is 6.04. The van der Waals surface area contributed by atoms with Crippen LogP contribution in [0, 0.1) is 0 Å². The molecule has 2 aliphatic rings. The third kappa shape index (κ3) is 4.06. The Bertz CT molecular complexity index is 1040. The van der Waals surface area contributed by atoms with E-state index in [0.717, 1.165) is 31.2 Å². The second kappa shape index (κ2) is 8.57. The van der Waals surface area contributed by atoms with E-state index < -0.39 is 10.0 Å². The smallest absolute Gasteiger partial charge is 0.243 e. The molecule has 2 aromatic carbocycles. The number of nitrogens with zero attached hydrogens (tertiary/aromatic N) is 2. The van der Waals surface area contributed by atoms with E-state index in [1.807, 2.05) is 12.1 Å². The number of sulfonamides is 1. The molecular formula is C22H25ClN2O4S. The van der Waals surface area contributed by atoms with Gasteiger partial charge in [0.05, 0.1) is 23.2 Å². The fraction of sp³-hybridized carbons (Fsp3) is 0.409. The summed E-state index contributed by atoms with van der Waals surface area (Å²) >= 11 is 6.03. The Labute approximate surface area is 182 Å². The first kappa shape index (κ1) is 21.2. The minimum absolute atomic E-state index is 0.0922. The second-order valence-electron chi connectivity index (χ2n) is 7.68. The SMILES string of the molecule is CC(=O)N1CCOc2cc(S(=O)(=O)N3CCCCC[C@H]3c3ccc(Cl)cc3)ccc21. The predicted molar refractivity (Wildman–Crippen MR) is 117 cm³/mol. The van der Waals surface area contributed by atoms with Crippen molar-refractivity contribution in [1.29, 1.82) is 0 Å². The van der Waals surface area contributed by atoms with Gasteiger partial charge in [0.2, 0.25) is 15.9 Å². The number of benzene rings is 2. The molecule has 0 bridgehead atoms. The van der Waals surface area contributed by atoms with Crippen LogP contribution in [0.1, 0.15) is 44.2 Å². The van der Waals surface area contributed by atoms with Crippen LogP contribution >= 0.6 is 11.6 Å². The first-order valence-corrected chi connectivity index (χ1v) is 12.0. The molecule has 8 heteroatoms. The van der Waals surface area contributed by atoms with Crippen LogP contribution in [0.4, 0.5) is 5.69 Å². The summed E-state index contributed by atoms with van der Waals surface area (Å²) < 4.78 is 34.6. The van der Waals surface area contributed by atoms with E-state index in [-0.39, 0.29) is 16.8 Å². The summed E-state index contributed by atoms with van der Waals surface area (Å²) in [5.74, 6) is 0.334. The first-order chi connectivity index (χ1) is 14.4. The monoisotopic (exact) mass is 448 g/mol. The van der Waals surface area contributed by atoms with Crippen LogP contribution in [-0.2, 0) is 14.8 Å². The van der Waals surface area contributed by atoms with E-state index in [1.165, 1.54) is 6.92 Å². The van der Waals surface area contributed by atoms with Crippen LogP contribution in [0.25, 0.3) is 0 Å². The van der Waals surface area contributed by atoms with Gasteiger partial charge in [-0.15, -0.1) is 0 Å². The van der Waals surface area contributed by atoms with Gasteiger partial charge in [0, 0.05) is 24.6 Å². The summed E-state index contributed by atoms with van der Waals surface area (Å²) in [5, 5.41) is 0.628.